The van der Waals surface area contributed by atoms with Gasteiger partial charge in [-0.05, 0) is 31.4 Å². The second-order valence-corrected chi connectivity index (χ2v) is 5.16. The van der Waals surface area contributed by atoms with E-state index in [-0.39, 0.29) is 0 Å². The molecule has 0 aliphatic heterocycles. The van der Waals surface area contributed by atoms with Crippen molar-refractivity contribution in [1.82, 2.24) is 15.2 Å². The normalized spacial score (nSPS) is 10.9. The fourth-order valence-corrected chi connectivity index (χ4v) is 2.47. The number of H-pyrrole nitrogens is 1. The smallest absolute Gasteiger partial charge is 0.0743 e. The van der Waals surface area contributed by atoms with Crippen LogP contribution < -0.4 is 11.1 Å². The first-order valence-electron chi connectivity index (χ1n) is 7.11. The van der Waals surface area contributed by atoms with E-state index in [1.54, 1.807) is 6.20 Å². The molecule has 5 heteroatoms. The van der Waals surface area contributed by atoms with Crippen LogP contribution in [0.1, 0.15) is 17.7 Å². The fourth-order valence-electron chi connectivity index (χ4n) is 2.47. The molecule has 0 saturated carbocycles. The molecule has 2 aromatic heterocycles. The Bertz CT molecular complexity index is 747. The predicted octanol–water partition coefficient (Wildman–Crippen LogP) is 2.89. The number of nitrogen functional groups attached to an aromatic ring is 1. The maximum Gasteiger partial charge on any atom is 0.0743 e. The maximum absolute atomic E-state index is 6.05. The number of fused-ring (bicyclic) bond motifs is 1. The Morgan fingerprint density at radius 1 is 1.24 bits per heavy atom. The first-order valence-corrected chi connectivity index (χ1v) is 7.11. The topological polar surface area (TPSA) is 79.6 Å². The quantitative estimate of drug-likeness (QED) is 0.628. The van der Waals surface area contributed by atoms with Crippen molar-refractivity contribution in [2.75, 3.05) is 17.6 Å². The number of aromatic amines is 1. The molecule has 3 rings (SSSR count). The summed E-state index contributed by atoms with van der Waals surface area (Å²) in [6, 6.07) is 8.02. The second kappa shape index (κ2) is 5.83. The van der Waals surface area contributed by atoms with Crippen molar-refractivity contribution in [3.8, 4) is 0 Å². The Kier molecular flexibility index (Phi) is 3.73. The number of hydrogen-bond donors (Lipinski definition) is 3. The highest BCUT2D eigenvalue weighted by Crippen LogP contribution is 2.27. The lowest BCUT2D eigenvalue weighted by Gasteiger charge is -2.12. The Morgan fingerprint density at radius 3 is 2.90 bits per heavy atom. The minimum absolute atomic E-state index is 0.688. The Hall–Kier alpha value is -2.56. The summed E-state index contributed by atoms with van der Waals surface area (Å²) in [6.07, 6.45) is 5.63. The van der Waals surface area contributed by atoms with Crippen molar-refractivity contribution >= 4 is 22.3 Å². The average Bonchev–Trinajstić information content (AvgIpc) is 2.91. The number of benzene rings is 1. The van der Waals surface area contributed by atoms with E-state index < -0.39 is 0 Å². The van der Waals surface area contributed by atoms with E-state index in [0.29, 0.717) is 5.69 Å². The van der Waals surface area contributed by atoms with Gasteiger partial charge in [0, 0.05) is 17.6 Å². The number of nitrogens with one attached hydrogen (secondary N) is 2. The molecule has 0 fully saturated rings. The van der Waals surface area contributed by atoms with Gasteiger partial charge in [0.25, 0.3) is 0 Å². The van der Waals surface area contributed by atoms with E-state index in [1.807, 2.05) is 37.4 Å². The highest BCUT2D eigenvalue weighted by molar-refractivity contribution is 5.96. The van der Waals surface area contributed by atoms with Gasteiger partial charge in [0.15, 0.2) is 0 Å². The van der Waals surface area contributed by atoms with Gasteiger partial charge in [-0.2, -0.15) is 5.10 Å². The molecule has 0 aliphatic carbocycles. The molecule has 2 heterocycles. The van der Waals surface area contributed by atoms with Gasteiger partial charge in [0.2, 0.25) is 0 Å². The van der Waals surface area contributed by atoms with Gasteiger partial charge in [-0.25, -0.2) is 0 Å². The van der Waals surface area contributed by atoms with Crippen LogP contribution in [0.3, 0.4) is 0 Å². The summed E-state index contributed by atoms with van der Waals surface area (Å²) in [7, 11) is 0. The molecule has 4 N–H and O–H groups in total. The Labute approximate surface area is 123 Å². The number of nitrogens with two attached hydrogens (primary N) is 1. The molecule has 0 saturated heterocycles. The van der Waals surface area contributed by atoms with Crippen LogP contribution >= 0.6 is 0 Å². The largest absolute Gasteiger partial charge is 0.396 e. The Balaban J connectivity index is 1.68. The molecule has 0 bridgehead atoms. The molecule has 5 nitrogen and oxygen atoms in total. The van der Waals surface area contributed by atoms with E-state index in [9.17, 15) is 0 Å². The third kappa shape index (κ3) is 2.81. The van der Waals surface area contributed by atoms with Crippen molar-refractivity contribution < 1.29 is 0 Å². The maximum atomic E-state index is 6.05. The van der Waals surface area contributed by atoms with Gasteiger partial charge in [-0.15, -0.1) is 0 Å². The average molecular weight is 281 g/mol. The van der Waals surface area contributed by atoms with Crippen molar-refractivity contribution in [1.29, 1.82) is 0 Å². The first kappa shape index (κ1) is 13.4. The number of para-hydroxylation sites is 1. The molecule has 0 atom stereocenters. The highest BCUT2D eigenvalue weighted by atomic mass is 15.1. The number of rotatable bonds is 5. The van der Waals surface area contributed by atoms with E-state index in [0.717, 1.165) is 41.7 Å². The molecule has 3 aromatic rings. The minimum Gasteiger partial charge on any atom is -0.396 e. The van der Waals surface area contributed by atoms with Gasteiger partial charge >= 0.3 is 0 Å². The van der Waals surface area contributed by atoms with Crippen LogP contribution in [0, 0.1) is 6.92 Å². The van der Waals surface area contributed by atoms with Crippen LogP contribution in [-0.4, -0.2) is 21.7 Å². The summed E-state index contributed by atoms with van der Waals surface area (Å²) in [6.45, 7) is 2.91. The molecule has 0 amide bonds. The summed E-state index contributed by atoms with van der Waals surface area (Å²) in [5.74, 6) is 0. The van der Waals surface area contributed by atoms with Crippen LogP contribution in [0.2, 0.25) is 0 Å². The minimum atomic E-state index is 0.688. The summed E-state index contributed by atoms with van der Waals surface area (Å²) in [5.41, 5.74) is 11.1. The van der Waals surface area contributed by atoms with Crippen molar-refractivity contribution in [2.45, 2.75) is 19.8 Å². The molecule has 21 heavy (non-hydrogen) atoms. The van der Waals surface area contributed by atoms with Crippen molar-refractivity contribution in [3.05, 3.63) is 47.9 Å². The SMILES string of the molecule is Cc1[nH]ncc1CCCNc1c(N)cnc2ccccc12. The zero-order chi connectivity index (χ0) is 14.7. The van der Waals surface area contributed by atoms with Crippen LogP contribution in [0.4, 0.5) is 11.4 Å². The van der Waals surface area contributed by atoms with Crippen molar-refractivity contribution in [3.63, 3.8) is 0 Å². The van der Waals surface area contributed by atoms with E-state index in [2.05, 4.69) is 20.5 Å². The summed E-state index contributed by atoms with van der Waals surface area (Å²) >= 11 is 0. The number of aromatic nitrogens is 3. The zero-order valence-electron chi connectivity index (χ0n) is 12.1. The number of hydrogen-bond acceptors (Lipinski definition) is 4. The summed E-state index contributed by atoms with van der Waals surface area (Å²) in [5, 5.41) is 11.5. The standard InChI is InChI=1S/C16H19N5/c1-11-12(9-20-21-11)5-4-8-18-16-13-6-2-3-7-15(13)19-10-14(16)17/h2-3,6-7,9-10H,4-5,8,17H2,1H3,(H,18,19)(H,20,21). The molecular formula is C16H19N5. The zero-order valence-corrected chi connectivity index (χ0v) is 12.1. The van der Waals surface area contributed by atoms with Crippen LogP contribution in [0.15, 0.2) is 36.7 Å². The van der Waals surface area contributed by atoms with Crippen LogP contribution in [-0.2, 0) is 6.42 Å². The molecule has 0 aliphatic rings. The lowest BCUT2D eigenvalue weighted by Crippen LogP contribution is -2.06. The van der Waals surface area contributed by atoms with E-state index in [4.69, 9.17) is 5.73 Å². The highest BCUT2D eigenvalue weighted by Gasteiger charge is 2.06. The number of nitrogens with zero attached hydrogens (tertiary/aromatic N) is 2. The molecule has 0 unspecified atom stereocenters. The number of pyridine rings is 1. The summed E-state index contributed by atoms with van der Waals surface area (Å²) in [4.78, 5) is 4.34. The summed E-state index contributed by atoms with van der Waals surface area (Å²) < 4.78 is 0. The second-order valence-electron chi connectivity index (χ2n) is 5.16. The molecular weight excluding hydrogens is 262 g/mol. The third-order valence-electron chi connectivity index (χ3n) is 3.66. The fraction of sp³-hybridized carbons (Fsp3) is 0.250. The molecule has 0 spiro atoms. The predicted molar refractivity (Wildman–Crippen MR) is 86.3 cm³/mol. The van der Waals surface area contributed by atoms with Crippen molar-refractivity contribution in [2.24, 2.45) is 0 Å². The van der Waals surface area contributed by atoms with Gasteiger partial charge in [-0.1, -0.05) is 18.2 Å². The van der Waals surface area contributed by atoms with Gasteiger partial charge in [0.05, 0.1) is 29.3 Å². The molecule has 108 valence electrons. The molecule has 1 aromatic carbocycles. The van der Waals surface area contributed by atoms with Crippen LogP contribution in [0.25, 0.3) is 10.9 Å². The molecule has 0 radical (unpaired) electrons. The van der Waals surface area contributed by atoms with E-state index >= 15 is 0 Å². The lowest BCUT2D eigenvalue weighted by molar-refractivity contribution is 0.858. The third-order valence-corrected chi connectivity index (χ3v) is 3.66. The van der Waals surface area contributed by atoms with Crippen LogP contribution in [0.5, 0.6) is 0 Å². The Morgan fingerprint density at radius 2 is 2.10 bits per heavy atom. The van der Waals surface area contributed by atoms with Gasteiger partial charge in [-0.3, -0.25) is 10.1 Å². The monoisotopic (exact) mass is 281 g/mol. The first-order chi connectivity index (χ1) is 10.3. The lowest BCUT2D eigenvalue weighted by atomic mass is 10.1. The number of aryl methyl sites for hydroxylation is 2. The van der Waals surface area contributed by atoms with Gasteiger partial charge < -0.3 is 11.1 Å². The van der Waals surface area contributed by atoms with E-state index in [1.165, 1.54) is 5.56 Å². The van der Waals surface area contributed by atoms with Gasteiger partial charge in [0.1, 0.15) is 0 Å². The number of anilines is 2.